The number of aliphatic hydroxyl groups is 1. The highest BCUT2D eigenvalue weighted by molar-refractivity contribution is 6.91. The highest BCUT2D eigenvalue weighted by Crippen LogP contribution is 2.60. The summed E-state index contributed by atoms with van der Waals surface area (Å²) >= 11 is 0. The van der Waals surface area contributed by atoms with Crippen LogP contribution in [0.3, 0.4) is 0 Å². The number of aromatic amines is 1. The van der Waals surface area contributed by atoms with Crippen molar-refractivity contribution in [2.45, 2.75) is 81.8 Å². The molecule has 0 radical (unpaired) electrons. The minimum Gasteiger partial charge on any atom is -0.497 e. The summed E-state index contributed by atoms with van der Waals surface area (Å²) in [6.45, 7) is 7.45. The maximum Gasteiger partial charge on any atom is 0.305 e. The quantitative estimate of drug-likeness (QED) is 0.121. The van der Waals surface area contributed by atoms with Gasteiger partial charge in [-0.25, -0.2) is 4.68 Å². The predicted octanol–water partition coefficient (Wildman–Crippen LogP) is 4.61. The van der Waals surface area contributed by atoms with E-state index >= 15 is 4.79 Å². The number of fused-ring (bicyclic) bond motifs is 3. The maximum atomic E-state index is 15.2. The number of hydrogen-bond acceptors (Lipinski definition) is 8. The number of ether oxygens (including phenoxy) is 3. The Balaban J connectivity index is 1.34. The van der Waals surface area contributed by atoms with Gasteiger partial charge in [-0.2, -0.15) is 0 Å². The number of hydrogen-bond donors (Lipinski definition) is 2. The number of methoxy groups -OCH3 is 2. The Morgan fingerprint density at radius 2 is 1.80 bits per heavy atom. The van der Waals surface area contributed by atoms with Crippen molar-refractivity contribution in [1.29, 1.82) is 0 Å². The number of aromatic nitrogens is 2. The standard InChI is InChI=1S/C41H50N4O8Si/c1-26-38(54(4,5)30-18-16-29(51-2)17-19-30)35(24-36(47)43-22-10-11-28(43)25-46)53-41(26)32-23-27(45-39(49)31-12-6-7-13-33(31)42-45)15-20-34(32)44(40(41)50)21-9-8-14-37(48)52-3/h6-7,12-13,15-20,23,26,28,35,38,42,46H,8-11,14,21-22,24-25H2,1-5H3/t26-,28-,35+,38-,41+/m0/s1. The van der Waals surface area contributed by atoms with Gasteiger partial charge in [0.25, 0.3) is 11.5 Å². The largest absolute Gasteiger partial charge is 0.497 e. The SMILES string of the molecule is COC(=O)CCCCN1C(=O)[C@]2(O[C@H](CC(=O)N3CCC[C@H]3CO)[C@@H]([Si](C)(C)c3ccc(OC)cc3)[C@@H]2C)c2cc(-n3[nH]c4ccccc4c3=O)ccc21. The zero-order chi connectivity index (χ0) is 38.4. The number of rotatable bonds is 12. The fourth-order valence-electron chi connectivity index (χ4n) is 9.39. The molecule has 3 aliphatic rings. The second-order valence-electron chi connectivity index (χ2n) is 15.4. The fraction of sp³-hybridized carbons (Fsp3) is 0.463. The number of benzene rings is 3. The van der Waals surface area contributed by atoms with Gasteiger partial charge >= 0.3 is 5.97 Å². The Labute approximate surface area is 316 Å². The lowest BCUT2D eigenvalue weighted by atomic mass is 9.82. The molecule has 3 aliphatic heterocycles. The lowest BCUT2D eigenvalue weighted by Gasteiger charge is -2.37. The number of aliphatic hydroxyl groups excluding tert-OH is 1. The topological polar surface area (TPSA) is 143 Å². The molecule has 0 saturated carbocycles. The van der Waals surface area contributed by atoms with Gasteiger partial charge in [-0.15, -0.1) is 0 Å². The van der Waals surface area contributed by atoms with Crippen LogP contribution >= 0.6 is 0 Å². The molecule has 3 aromatic carbocycles. The first-order valence-corrected chi connectivity index (χ1v) is 22.0. The van der Waals surface area contributed by atoms with Crippen LogP contribution < -0.4 is 20.4 Å². The van der Waals surface area contributed by atoms with E-state index in [-0.39, 0.29) is 60.3 Å². The lowest BCUT2D eigenvalue weighted by molar-refractivity contribution is -0.150. The molecular formula is C41H50N4O8Si. The summed E-state index contributed by atoms with van der Waals surface area (Å²) in [4.78, 5) is 58.5. The van der Waals surface area contributed by atoms with Crippen LogP contribution in [0, 0.1) is 5.92 Å². The van der Waals surface area contributed by atoms with E-state index in [1.165, 1.54) is 11.8 Å². The first-order valence-electron chi connectivity index (χ1n) is 18.9. The smallest absolute Gasteiger partial charge is 0.305 e. The lowest BCUT2D eigenvalue weighted by Crippen LogP contribution is -2.52. The third-order valence-electron chi connectivity index (χ3n) is 12.2. The van der Waals surface area contributed by atoms with Crippen molar-refractivity contribution in [3.8, 4) is 11.4 Å². The van der Waals surface area contributed by atoms with E-state index in [0.717, 1.165) is 23.8 Å². The van der Waals surface area contributed by atoms with Gasteiger partial charge in [0, 0.05) is 31.0 Å². The van der Waals surface area contributed by atoms with Crippen LogP contribution in [0.2, 0.25) is 18.6 Å². The minimum atomic E-state index is -2.55. The third kappa shape index (κ3) is 6.25. The van der Waals surface area contributed by atoms with E-state index in [4.69, 9.17) is 14.2 Å². The maximum absolute atomic E-state index is 15.2. The van der Waals surface area contributed by atoms with Crippen LogP contribution in [0.15, 0.2) is 71.5 Å². The van der Waals surface area contributed by atoms with Crippen LogP contribution in [0.4, 0.5) is 5.69 Å². The van der Waals surface area contributed by atoms with Gasteiger partial charge in [-0.3, -0.25) is 24.3 Å². The molecule has 2 fully saturated rings. The van der Waals surface area contributed by atoms with Gasteiger partial charge in [-0.1, -0.05) is 49.5 Å². The van der Waals surface area contributed by atoms with Gasteiger partial charge in [0.15, 0.2) is 5.60 Å². The number of nitrogens with zero attached hydrogens (tertiary/aromatic N) is 3. The van der Waals surface area contributed by atoms with Crippen molar-refractivity contribution >= 4 is 47.6 Å². The number of carbonyl (C=O) groups excluding carboxylic acids is 3. The molecule has 0 aliphatic carbocycles. The monoisotopic (exact) mass is 754 g/mol. The van der Waals surface area contributed by atoms with Gasteiger partial charge in [0.1, 0.15) is 5.75 Å². The zero-order valence-electron chi connectivity index (χ0n) is 31.7. The molecule has 4 heterocycles. The number of amides is 2. The summed E-state index contributed by atoms with van der Waals surface area (Å²) in [5.74, 6) is -0.225. The first-order chi connectivity index (χ1) is 26.0. The zero-order valence-corrected chi connectivity index (χ0v) is 32.7. The Bertz CT molecular complexity index is 2110. The number of carbonyl (C=O) groups is 3. The number of unbranched alkanes of at least 4 members (excludes halogenated alkanes) is 1. The molecule has 7 rings (SSSR count). The van der Waals surface area contributed by atoms with Gasteiger partial charge in [-0.05, 0) is 73.7 Å². The number of para-hydroxylation sites is 1. The molecular weight excluding hydrogens is 705 g/mol. The molecule has 2 N–H and O–H groups in total. The van der Waals surface area contributed by atoms with E-state index in [1.54, 1.807) is 23.0 Å². The van der Waals surface area contributed by atoms with E-state index < -0.39 is 19.8 Å². The molecule has 13 heteroatoms. The molecule has 1 spiro atoms. The van der Waals surface area contributed by atoms with Crippen molar-refractivity contribution < 1.29 is 33.7 Å². The van der Waals surface area contributed by atoms with Crippen molar-refractivity contribution in [3.63, 3.8) is 0 Å². The average Bonchev–Trinajstić information content (AvgIpc) is 3.93. The Hall–Kier alpha value is -4.72. The molecule has 0 bridgehead atoms. The molecule has 54 heavy (non-hydrogen) atoms. The summed E-state index contributed by atoms with van der Waals surface area (Å²) in [7, 11) is 0.452. The van der Waals surface area contributed by atoms with Crippen LogP contribution in [0.25, 0.3) is 16.6 Å². The number of H-pyrrole nitrogens is 1. The van der Waals surface area contributed by atoms with Crippen molar-refractivity contribution in [1.82, 2.24) is 14.7 Å². The average molecular weight is 755 g/mol. The van der Waals surface area contributed by atoms with E-state index in [9.17, 15) is 19.5 Å². The molecule has 2 saturated heterocycles. The summed E-state index contributed by atoms with van der Waals surface area (Å²) < 4.78 is 19.1. The third-order valence-corrected chi connectivity index (χ3v) is 16.6. The summed E-state index contributed by atoms with van der Waals surface area (Å²) in [6.07, 6.45) is 2.38. The Morgan fingerprint density at radius 3 is 2.50 bits per heavy atom. The number of esters is 1. The van der Waals surface area contributed by atoms with E-state index in [1.807, 2.05) is 48.5 Å². The predicted molar refractivity (Wildman–Crippen MR) is 208 cm³/mol. The van der Waals surface area contributed by atoms with Gasteiger partial charge in [0.2, 0.25) is 5.91 Å². The highest BCUT2D eigenvalue weighted by Gasteiger charge is 2.66. The van der Waals surface area contributed by atoms with E-state index in [2.05, 4.69) is 37.2 Å². The van der Waals surface area contributed by atoms with E-state index in [0.29, 0.717) is 53.8 Å². The fourth-order valence-corrected chi connectivity index (χ4v) is 13.4. The Kier molecular flexibility index (Phi) is 10.3. The molecule has 2 amide bonds. The number of likely N-dealkylation sites (tertiary alicyclic amines) is 1. The normalized spacial score (nSPS) is 23.8. The second-order valence-corrected chi connectivity index (χ2v) is 20.1. The van der Waals surface area contributed by atoms with Crippen molar-refractivity contribution in [2.75, 3.05) is 38.8 Å². The van der Waals surface area contributed by atoms with Crippen LogP contribution in [-0.2, 0) is 29.5 Å². The molecule has 0 unspecified atom stereocenters. The number of anilines is 1. The van der Waals surface area contributed by atoms with Crippen LogP contribution in [0.5, 0.6) is 5.75 Å². The second kappa shape index (κ2) is 14.8. The molecule has 5 atom stereocenters. The first kappa shape index (κ1) is 37.6. The van der Waals surface area contributed by atoms with Gasteiger partial charge < -0.3 is 29.1 Å². The Morgan fingerprint density at radius 1 is 1.04 bits per heavy atom. The summed E-state index contributed by atoms with van der Waals surface area (Å²) in [5.41, 5.74) is 0.772. The molecule has 12 nitrogen and oxygen atoms in total. The molecule has 1 aromatic heterocycles. The van der Waals surface area contributed by atoms with Crippen molar-refractivity contribution in [2.24, 2.45) is 5.92 Å². The van der Waals surface area contributed by atoms with Crippen LogP contribution in [-0.4, -0.2) is 91.7 Å². The highest BCUT2D eigenvalue weighted by atomic mass is 28.3. The summed E-state index contributed by atoms with van der Waals surface area (Å²) in [5, 5.41) is 15.0. The van der Waals surface area contributed by atoms with Gasteiger partial charge in [0.05, 0.1) is 69.7 Å². The van der Waals surface area contributed by atoms with Crippen molar-refractivity contribution in [3.05, 3.63) is 82.6 Å². The number of nitrogens with one attached hydrogen (secondary N) is 1. The molecule has 286 valence electrons. The summed E-state index contributed by atoms with van der Waals surface area (Å²) in [6, 6.07) is 20.8. The minimum absolute atomic E-state index is 0.0722. The molecule has 4 aromatic rings. The van der Waals surface area contributed by atoms with Crippen LogP contribution in [0.1, 0.15) is 51.0 Å².